The van der Waals surface area contributed by atoms with E-state index in [1.165, 1.54) is 30.0 Å². The third-order valence-corrected chi connectivity index (χ3v) is 3.78. The summed E-state index contributed by atoms with van der Waals surface area (Å²) in [7, 11) is 0. The maximum Gasteiger partial charge on any atom is 0.185 e. The fourth-order valence-electron chi connectivity index (χ4n) is 1.98. The van der Waals surface area contributed by atoms with E-state index < -0.39 is 11.7 Å². The molecule has 4 heteroatoms. The van der Waals surface area contributed by atoms with Gasteiger partial charge in [0.2, 0.25) is 0 Å². The SMILES string of the molecule is CSc1ccccc1C(=O)C(C#N)c1ccccc1F. The first-order valence-electron chi connectivity index (χ1n) is 6.00. The van der Waals surface area contributed by atoms with Gasteiger partial charge in [0.15, 0.2) is 5.78 Å². The molecule has 0 radical (unpaired) electrons. The topological polar surface area (TPSA) is 40.9 Å². The van der Waals surface area contributed by atoms with Gasteiger partial charge in [-0.2, -0.15) is 5.26 Å². The van der Waals surface area contributed by atoms with Crippen molar-refractivity contribution in [2.24, 2.45) is 0 Å². The summed E-state index contributed by atoms with van der Waals surface area (Å²) in [6.07, 6.45) is 1.86. The minimum absolute atomic E-state index is 0.121. The van der Waals surface area contributed by atoms with Crippen molar-refractivity contribution < 1.29 is 9.18 Å². The van der Waals surface area contributed by atoms with E-state index in [0.29, 0.717) is 5.56 Å². The molecular weight excluding hydrogens is 273 g/mol. The van der Waals surface area contributed by atoms with Crippen molar-refractivity contribution in [2.45, 2.75) is 10.8 Å². The molecule has 2 aromatic rings. The second-order valence-electron chi connectivity index (χ2n) is 4.15. The maximum atomic E-state index is 13.8. The molecule has 0 heterocycles. The number of halogens is 1. The van der Waals surface area contributed by atoms with Crippen LogP contribution in [0.3, 0.4) is 0 Å². The third kappa shape index (κ3) is 2.73. The zero-order valence-corrected chi connectivity index (χ0v) is 11.7. The van der Waals surface area contributed by atoms with E-state index >= 15 is 0 Å². The van der Waals surface area contributed by atoms with Gasteiger partial charge < -0.3 is 0 Å². The molecule has 0 fully saturated rings. The summed E-state index contributed by atoms with van der Waals surface area (Å²) in [5.74, 6) is -2.03. The predicted molar refractivity (Wildman–Crippen MR) is 77.3 cm³/mol. The molecule has 1 unspecified atom stereocenters. The van der Waals surface area contributed by atoms with Crippen molar-refractivity contribution in [3.8, 4) is 6.07 Å². The van der Waals surface area contributed by atoms with Crippen LogP contribution in [0.4, 0.5) is 4.39 Å². The molecule has 0 spiro atoms. The summed E-state index contributed by atoms with van der Waals surface area (Å²) in [5, 5.41) is 9.25. The quantitative estimate of drug-likeness (QED) is 0.629. The van der Waals surface area contributed by atoms with Gasteiger partial charge in [-0.1, -0.05) is 36.4 Å². The Kier molecular flexibility index (Phi) is 4.54. The minimum Gasteiger partial charge on any atom is -0.292 e. The van der Waals surface area contributed by atoms with Crippen molar-refractivity contribution in [3.05, 3.63) is 65.5 Å². The lowest BCUT2D eigenvalue weighted by Gasteiger charge is -2.12. The van der Waals surface area contributed by atoms with Gasteiger partial charge in [0, 0.05) is 16.0 Å². The summed E-state index contributed by atoms with van der Waals surface area (Å²) >= 11 is 1.43. The van der Waals surface area contributed by atoms with Gasteiger partial charge in [-0.3, -0.25) is 4.79 Å². The monoisotopic (exact) mass is 285 g/mol. The smallest absolute Gasteiger partial charge is 0.185 e. The van der Waals surface area contributed by atoms with Crippen LogP contribution in [-0.4, -0.2) is 12.0 Å². The highest BCUT2D eigenvalue weighted by Gasteiger charge is 2.25. The van der Waals surface area contributed by atoms with Crippen LogP contribution < -0.4 is 0 Å². The number of thioether (sulfide) groups is 1. The molecule has 100 valence electrons. The molecule has 0 aromatic heterocycles. The molecular formula is C16H12FNOS. The van der Waals surface area contributed by atoms with Crippen LogP contribution in [0.1, 0.15) is 21.8 Å². The molecule has 1 atom stereocenters. The van der Waals surface area contributed by atoms with Gasteiger partial charge in [0.25, 0.3) is 0 Å². The van der Waals surface area contributed by atoms with Crippen molar-refractivity contribution in [1.29, 1.82) is 5.26 Å². The number of carbonyl (C=O) groups is 1. The molecule has 0 amide bonds. The molecule has 0 saturated heterocycles. The van der Waals surface area contributed by atoms with Crippen LogP contribution in [-0.2, 0) is 0 Å². The molecule has 20 heavy (non-hydrogen) atoms. The number of hydrogen-bond donors (Lipinski definition) is 0. The van der Waals surface area contributed by atoms with E-state index in [4.69, 9.17) is 0 Å². The molecule has 2 rings (SSSR count). The van der Waals surface area contributed by atoms with Gasteiger partial charge in [-0.05, 0) is 18.4 Å². The maximum absolute atomic E-state index is 13.8. The van der Waals surface area contributed by atoms with E-state index in [9.17, 15) is 14.4 Å². The van der Waals surface area contributed by atoms with Gasteiger partial charge in [-0.15, -0.1) is 11.8 Å². The van der Waals surface area contributed by atoms with Gasteiger partial charge in [0.1, 0.15) is 11.7 Å². The Balaban J connectivity index is 2.46. The highest BCUT2D eigenvalue weighted by atomic mass is 32.2. The van der Waals surface area contributed by atoms with Gasteiger partial charge in [-0.25, -0.2) is 4.39 Å². The molecule has 0 N–H and O–H groups in total. The van der Waals surface area contributed by atoms with Crippen LogP contribution >= 0.6 is 11.8 Å². The van der Waals surface area contributed by atoms with Crippen molar-refractivity contribution in [2.75, 3.05) is 6.26 Å². The third-order valence-electron chi connectivity index (χ3n) is 2.98. The number of nitrogens with zero attached hydrogens (tertiary/aromatic N) is 1. The lowest BCUT2D eigenvalue weighted by molar-refractivity contribution is 0.0974. The Bertz CT molecular complexity index is 678. The molecule has 0 aliphatic heterocycles. The Morgan fingerprint density at radius 2 is 1.85 bits per heavy atom. The first kappa shape index (κ1) is 14.3. The van der Waals surface area contributed by atoms with Crippen molar-refractivity contribution >= 4 is 17.5 Å². The summed E-state index contributed by atoms with van der Waals surface area (Å²) in [6.45, 7) is 0. The molecule has 0 aliphatic rings. The zero-order chi connectivity index (χ0) is 14.5. The normalized spacial score (nSPS) is 11.7. The number of carbonyl (C=O) groups excluding carboxylic acids is 1. The van der Waals surface area contributed by atoms with Crippen LogP contribution in [0.25, 0.3) is 0 Å². The fraction of sp³-hybridized carbons (Fsp3) is 0.125. The zero-order valence-electron chi connectivity index (χ0n) is 10.8. The number of Topliss-reactive ketones (excluding diaryl/α,β-unsaturated/α-hetero) is 1. The van der Waals surface area contributed by atoms with Crippen LogP contribution in [0, 0.1) is 17.1 Å². The average molecular weight is 285 g/mol. The summed E-state index contributed by atoms with van der Waals surface area (Å²) in [6, 6.07) is 14.8. The van der Waals surface area contributed by atoms with E-state index in [-0.39, 0.29) is 11.3 Å². The number of ketones is 1. The Labute approximate surface area is 121 Å². The number of hydrogen-bond acceptors (Lipinski definition) is 3. The first-order chi connectivity index (χ1) is 9.69. The summed E-state index contributed by atoms with van der Waals surface area (Å²) in [4.78, 5) is 13.3. The lowest BCUT2D eigenvalue weighted by Crippen LogP contribution is -2.13. The molecule has 0 saturated carbocycles. The molecule has 2 aromatic carbocycles. The van der Waals surface area contributed by atoms with E-state index in [2.05, 4.69) is 0 Å². The van der Waals surface area contributed by atoms with E-state index in [1.807, 2.05) is 24.5 Å². The first-order valence-corrected chi connectivity index (χ1v) is 7.22. The Morgan fingerprint density at radius 1 is 1.20 bits per heavy atom. The highest BCUT2D eigenvalue weighted by Crippen LogP contribution is 2.27. The lowest BCUT2D eigenvalue weighted by atomic mass is 9.91. The Morgan fingerprint density at radius 3 is 2.50 bits per heavy atom. The summed E-state index contributed by atoms with van der Waals surface area (Å²) in [5.41, 5.74) is 0.575. The highest BCUT2D eigenvalue weighted by molar-refractivity contribution is 7.98. The van der Waals surface area contributed by atoms with Crippen LogP contribution in [0.2, 0.25) is 0 Å². The van der Waals surface area contributed by atoms with Crippen LogP contribution in [0.15, 0.2) is 53.4 Å². The molecule has 2 nitrogen and oxygen atoms in total. The minimum atomic E-state index is -1.12. The van der Waals surface area contributed by atoms with Gasteiger partial charge >= 0.3 is 0 Å². The van der Waals surface area contributed by atoms with E-state index in [1.54, 1.807) is 18.2 Å². The van der Waals surface area contributed by atoms with Crippen LogP contribution in [0.5, 0.6) is 0 Å². The van der Waals surface area contributed by atoms with Gasteiger partial charge in [0.05, 0.1) is 6.07 Å². The predicted octanol–water partition coefficient (Wildman–Crippen LogP) is 4.04. The largest absolute Gasteiger partial charge is 0.292 e. The fourth-order valence-corrected chi connectivity index (χ4v) is 2.59. The Hall–Kier alpha value is -2.12. The standard InChI is InChI=1S/C16H12FNOS/c1-20-15-9-5-3-7-12(15)16(19)13(10-18)11-6-2-4-8-14(11)17/h2-9,13H,1H3. The van der Waals surface area contributed by atoms with Crippen molar-refractivity contribution in [3.63, 3.8) is 0 Å². The average Bonchev–Trinajstić information content (AvgIpc) is 2.49. The second kappa shape index (κ2) is 6.36. The van der Waals surface area contributed by atoms with Crippen molar-refractivity contribution in [1.82, 2.24) is 0 Å². The van der Waals surface area contributed by atoms with E-state index in [0.717, 1.165) is 4.90 Å². The number of benzene rings is 2. The number of rotatable bonds is 4. The number of nitriles is 1. The molecule has 0 aliphatic carbocycles. The summed E-state index contributed by atoms with van der Waals surface area (Å²) < 4.78 is 13.8. The second-order valence-corrected chi connectivity index (χ2v) is 5.00. The molecule has 0 bridgehead atoms.